The first-order chi connectivity index (χ1) is 52.7. The number of halogens is 9. The van der Waals surface area contributed by atoms with Crippen molar-refractivity contribution in [1.82, 2.24) is 15.0 Å². The molecule has 0 aliphatic heterocycles. The van der Waals surface area contributed by atoms with Gasteiger partial charge in [0.1, 0.15) is 34.5 Å². The molecule has 627 valence electrons. The van der Waals surface area contributed by atoms with Gasteiger partial charge in [0.2, 0.25) is 0 Å². The normalized spacial score (nSPS) is 11.2. The molecule has 0 bridgehead atoms. The molecule has 118 heavy (non-hydrogen) atoms. The van der Waals surface area contributed by atoms with E-state index in [1.807, 2.05) is 51.4 Å². The van der Waals surface area contributed by atoms with Crippen LogP contribution in [-0.4, -0.2) is 129 Å². The Morgan fingerprint density at radius 3 is 1.01 bits per heavy atom. The maximum atomic E-state index is 12.7. The van der Waals surface area contributed by atoms with Gasteiger partial charge < -0.3 is 60.4 Å². The van der Waals surface area contributed by atoms with Gasteiger partial charge in [-0.3, -0.25) is 8.98 Å². The number of alkyl halides is 9. The van der Waals surface area contributed by atoms with Gasteiger partial charge in [0.25, 0.3) is 16.6 Å². The molecule has 3 aromatic heterocycles. The first kappa shape index (κ1) is 113. The number of aromatic hydroxyl groups is 1. The second-order valence-electron chi connectivity index (χ2n) is 26.4. The van der Waals surface area contributed by atoms with Crippen LogP contribution in [0.25, 0.3) is 33.8 Å². The van der Waals surface area contributed by atoms with Crippen LogP contribution in [0.4, 0.5) is 39.5 Å². The number of carboxylic acids is 1. The number of carbonyl (C=O) groups is 4. The summed E-state index contributed by atoms with van der Waals surface area (Å²) in [7, 11) is -0.796. The van der Waals surface area contributed by atoms with Crippen molar-refractivity contribution in [3.8, 4) is 68.3 Å². The second-order valence-corrected chi connectivity index (χ2v) is 30.9. The average Bonchev–Trinajstić information content (AvgIpc) is 1.77. The van der Waals surface area contributed by atoms with E-state index < -0.39 is 80.0 Å². The number of rotatable bonds is 28. The molecule has 0 spiro atoms. The van der Waals surface area contributed by atoms with Gasteiger partial charge in [-0.2, -0.15) is 47.9 Å². The molecule has 9 aromatic rings. The summed E-state index contributed by atoms with van der Waals surface area (Å²) < 4.78 is 179. The molecule has 22 nitrogen and oxygen atoms in total. The van der Waals surface area contributed by atoms with Crippen molar-refractivity contribution in [2.45, 2.75) is 157 Å². The third-order valence-electron chi connectivity index (χ3n) is 16.7. The molecular weight excluding hydrogens is 1880 g/mol. The van der Waals surface area contributed by atoms with Gasteiger partial charge in [0, 0.05) is 60.5 Å². The molecule has 3 heterocycles. The van der Waals surface area contributed by atoms with Gasteiger partial charge in [-0.05, 0) is 209 Å². The topological polar surface area (TPSA) is 318 Å². The molecular formula is C79H89BCs2F9LiN3O19S4. The van der Waals surface area contributed by atoms with Crippen LogP contribution in [-0.2, 0) is 85.6 Å². The summed E-state index contributed by atoms with van der Waals surface area (Å²) in [4.78, 5) is 59.4. The standard InChI is InChI=1S/C26H28F3NO4S.C25H26F3NO4S.C14H14F3NO3S2.C13H18O4.CH2O3.B.2Cs.Li.H2O.H/c1-16-17(2)22(34-25(3,4)24(31)32-5)13-12-21(16)33-14-6-7-23-30-20(15-35-23)18-8-10-19(11-9-18)26(27,28)29;1-15-16(2)21(33-24(3,4)23(30)31)12-11-20(15)32-13-5-6-22-29-19(14-34-22)17-7-9-18(10-8-17)25(26,27)28;1-23(19,20)21-8-2-3-13-18-12(9-22-13)10-4-6-11(7-5-10)14(15,16)17;1-8-9(2)11(7-6-10(8)14)17-13(3,4)12(15)16-5;2-1-4-3;;;;;;/h8-13,15H,6-7,14H2,1-5H3;7-12,14H,5-6,13H2,1-4H3,(H,30,31);4-7,9H,2-3,8H2,1H3;6-7,14H,1-5H3;1,3H;;;;;1H2;/q;;;;;;3*+1;;-1/p-2. The van der Waals surface area contributed by atoms with Crippen LogP contribution in [0.15, 0.2) is 125 Å². The number of esters is 2. The van der Waals surface area contributed by atoms with Gasteiger partial charge in [-0.15, -0.1) is 34.0 Å². The summed E-state index contributed by atoms with van der Waals surface area (Å²) >= 11 is 4.31. The molecule has 0 unspecified atom stereocenters. The molecule has 3 radical (unpaired) electrons. The first-order valence-electron chi connectivity index (χ1n) is 34.3. The summed E-state index contributed by atoms with van der Waals surface area (Å²) in [5.41, 5.74) is 3.29. The van der Waals surface area contributed by atoms with Gasteiger partial charge >= 0.3 is 193 Å². The fourth-order valence-electron chi connectivity index (χ4n) is 9.82. The Morgan fingerprint density at radius 1 is 0.475 bits per heavy atom. The van der Waals surface area contributed by atoms with Crippen LogP contribution >= 0.6 is 34.0 Å². The van der Waals surface area contributed by atoms with Gasteiger partial charge in [0.05, 0.1) is 89.1 Å². The molecule has 3 N–H and O–H groups in total. The molecule has 0 aliphatic rings. The summed E-state index contributed by atoms with van der Waals surface area (Å²) in [6.45, 7) is 21.6. The number of methoxy groups -OCH3 is 2. The second kappa shape index (κ2) is 51.2. The zero-order chi connectivity index (χ0) is 84.6. The molecule has 0 saturated heterocycles. The predicted molar refractivity (Wildman–Crippen MR) is 416 cm³/mol. The van der Waals surface area contributed by atoms with Gasteiger partial charge in [-0.25, -0.2) is 29.3 Å². The van der Waals surface area contributed by atoms with Crippen LogP contribution < -0.4 is 186 Å². The summed E-state index contributed by atoms with van der Waals surface area (Å²) in [5, 5.41) is 35.2. The fourth-order valence-corrected chi connectivity index (χ4v) is 12.8. The monoisotopic (exact) mass is 1970 g/mol. The number of thiazole rings is 3. The van der Waals surface area contributed by atoms with E-state index in [1.54, 1.807) is 70.3 Å². The van der Waals surface area contributed by atoms with Crippen LogP contribution in [0.5, 0.6) is 34.5 Å². The summed E-state index contributed by atoms with van der Waals surface area (Å²) in [5.74, 6) is 1.34. The first-order valence-corrected chi connectivity index (χ1v) is 38.8. The number of aryl methyl sites for hydroxylation is 3. The molecule has 0 amide bonds. The molecule has 0 fully saturated rings. The number of carbonyl (C=O) groups excluding carboxylic acids is 3. The summed E-state index contributed by atoms with van der Waals surface area (Å²) in [6, 6.07) is 25.1. The minimum atomic E-state index is -4.36. The molecule has 0 aliphatic carbocycles. The quantitative estimate of drug-likeness (QED) is 0.00677. The van der Waals surface area contributed by atoms with E-state index in [0.29, 0.717) is 102 Å². The van der Waals surface area contributed by atoms with Crippen molar-refractivity contribution in [2.75, 3.05) is 40.3 Å². The van der Waals surface area contributed by atoms with E-state index in [2.05, 4.69) is 28.8 Å². The minimum absolute atomic E-state index is 0. The number of phenolic OH excluding ortho intramolecular Hbond substituents is 1. The average molecular weight is 1970 g/mol. The molecule has 0 saturated carbocycles. The number of benzene rings is 6. The zero-order valence-corrected chi connectivity index (χ0v) is 84.2. The van der Waals surface area contributed by atoms with Crippen LogP contribution in [0, 0.1) is 41.5 Å². The van der Waals surface area contributed by atoms with Crippen molar-refractivity contribution >= 4 is 76.9 Å². The van der Waals surface area contributed by atoms with Crippen molar-refractivity contribution < 1.29 is 288 Å². The number of phenols is 1. The number of hydrogen-bond acceptors (Lipinski definition) is 24. The minimum Gasteiger partial charge on any atom is -1.00 e. The largest absolute Gasteiger partial charge is 1.00 e. The Balaban J connectivity index is 0. The van der Waals surface area contributed by atoms with Crippen molar-refractivity contribution in [2.24, 2.45) is 0 Å². The van der Waals surface area contributed by atoms with Crippen LogP contribution in [0.3, 0.4) is 0 Å². The predicted octanol–water partition coefficient (Wildman–Crippen LogP) is 8.57. The number of carboxylic acid groups (broad SMARTS) is 1. The van der Waals surface area contributed by atoms with E-state index in [1.165, 1.54) is 98.5 Å². The number of ether oxygens (including phenoxy) is 7. The van der Waals surface area contributed by atoms with Crippen LogP contribution in [0.1, 0.15) is 127 Å². The zero-order valence-electron chi connectivity index (χ0n) is 69.4. The number of nitrogens with zero attached hydrogens (tertiary/aromatic N) is 3. The van der Waals surface area contributed by atoms with E-state index >= 15 is 0 Å². The van der Waals surface area contributed by atoms with E-state index in [4.69, 9.17) is 38.5 Å². The Labute approximate surface area is 824 Å². The van der Waals surface area contributed by atoms with Crippen molar-refractivity contribution in [1.29, 1.82) is 0 Å². The Kier molecular flexibility index (Phi) is 49.0. The number of aromatic nitrogens is 3. The molecule has 39 heteroatoms. The van der Waals surface area contributed by atoms with E-state index in [-0.39, 0.29) is 191 Å². The van der Waals surface area contributed by atoms with Crippen molar-refractivity contribution in [3.63, 3.8) is 0 Å². The van der Waals surface area contributed by atoms with Gasteiger partial charge in [0.15, 0.2) is 16.8 Å². The smallest absolute Gasteiger partial charge is 1.00 e. The van der Waals surface area contributed by atoms with E-state index in [9.17, 15) is 72.5 Å². The van der Waals surface area contributed by atoms with Crippen LogP contribution in [0.2, 0.25) is 0 Å². The van der Waals surface area contributed by atoms with Crippen molar-refractivity contribution in [3.05, 3.63) is 190 Å². The van der Waals surface area contributed by atoms with Gasteiger partial charge in [-0.1, -0.05) is 36.4 Å². The Morgan fingerprint density at radius 2 is 0.737 bits per heavy atom. The SMILES string of the molecule is COC(=O)C(C)(C)Oc1ccc(O)c(C)c1C.COC(=O)C(C)(C)Oc1ccc(OCCCc2nc(-c3ccc(C(F)(F)F)cc3)cs2)c(C)c1C.CS(=O)(=O)OCCCc1nc(-c2ccc(C(F)(F)F)cc2)cs1.Cc1c(OCCCc2nc(-c3ccc(C(F)(F)F)cc3)cs2)ccc(OC(C)(C)C(=O)O)c1C.O=CO[O-].[B].[Cs+].[Cs+].[H-].[Li+].[OH-]. The van der Waals surface area contributed by atoms with E-state index in [0.717, 1.165) is 103 Å². The molecule has 6 aromatic carbocycles. The summed E-state index contributed by atoms with van der Waals surface area (Å²) in [6.07, 6.45) is -8.23. The Hall–Kier alpha value is -5.14. The number of aliphatic carboxylic acids is 1. The maximum absolute atomic E-state index is 12.7. The fraction of sp³-hybridized carbons (Fsp3) is 0.380. The number of hydrogen-bond donors (Lipinski definition) is 2. The maximum Gasteiger partial charge on any atom is 1.00 e. The molecule has 9 rings (SSSR count). The third kappa shape index (κ3) is 36.0. The third-order valence-corrected chi connectivity index (χ3v) is 20.0. The Bertz CT molecular complexity index is 4770. The molecule has 0 atom stereocenters.